The van der Waals surface area contributed by atoms with E-state index in [1.54, 1.807) is 12.1 Å². The number of nitro benzene ring substituents is 1. The summed E-state index contributed by atoms with van der Waals surface area (Å²) in [6.45, 7) is 0. The number of non-ortho nitro benzene ring substituents is 1. The summed E-state index contributed by atoms with van der Waals surface area (Å²) < 4.78 is 5.14. The van der Waals surface area contributed by atoms with E-state index in [0.717, 1.165) is 0 Å². The molecule has 0 atom stereocenters. The summed E-state index contributed by atoms with van der Waals surface area (Å²) >= 11 is 0. The number of benzene rings is 2. The highest BCUT2D eigenvalue weighted by Gasteiger charge is 2.13. The molecule has 2 aromatic carbocycles. The molecule has 0 unspecified atom stereocenters. The molecule has 6 nitrogen and oxygen atoms in total. The topological polar surface area (TPSA) is 89.7 Å². The minimum absolute atomic E-state index is 0.0833. The maximum Gasteiger partial charge on any atom is 0.335 e. The van der Waals surface area contributed by atoms with Crippen molar-refractivity contribution in [2.75, 3.05) is 7.11 Å². The van der Waals surface area contributed by atoms with E-state index in [1.807, 2.05) is 0 Å². The molecule has 0 aliphatic rings. The Morgan fingerprint density at radius 2 is 2.00 bits per heavy atom. The fraction of sp³-hybridized carbons (Fsp3) is 0.0714. The highest BCUT2D eigenvalue weighted by Crippen LogP contribution is 2.33. The summed E-state index contributed by atoms with van der Waals surface area (Å²) in [7, 11) is 1.41. The highest BCUT2D eigenvalue weighted by molar-refractivity contribution is 5.89. The maximum atomic E-state index is 11.0. The molecule has 0 aliphatic heterocycles. The number of methoxy groups -OCH3 is 1. The summed E-state index contributed by atoms with van der Waals surface area (Å²) in [6.07, 6.45) is 0. The van der Waals surface area contributed by atoms with Gasteiger partial charge in [0.15, 0.2) is 0 Å². The molecule has 0 saturated carbocycles. The third-order valence-corrected chi connectivity index (χ3v) is 2.82. The molecule has 0 spiro atoms. The molecule has 6 heteroatoms. The zero-order valence-corrected chi connectivity index (χ0v) is 10.6. The number of hydrogen-bond acceptors (Lipinski definition) is 4. The SMILES string of the molecule is COc1cc([N+](=O)[O-])ccc1-c1cccc(C(=O)O)c1. The van der Waals surface area contributed by atoms with Crippen molar-refractivity contribution in [3.8, 4) is 16.9 Å². The van der Waals surface area contributed by atoms with Gasteiger partial charge in [-0.05, 0) is 23.8 Å². The number of carboxylic acid groups (broad SMARTS) is 1. The van der Waals surface area contributed by atoms with Gasteiger partial charge in [-0.3, -0.25) is 10.1 Å². The van der Waals surface area contributed by atoms with Crippen LogP contribution in [0.1, 0.15) is 10.4 Å². The van der Waals surface area contributed by atoms with Gasteiger partial charge in [0.05, 0.1) is 23.7 Å². The second kappa shape index (κ2) is 5.40. The average molecular weight is 273 g/mol. The average Bonchev–Trinajstić information content (AvgIpc) is 2.46. The number of nitro groups is 1. The van der Waals surface area contributed by atoms with E-state index in [4.69, 9.17) is 9.84 Å². The quantitative estimate of drug-likeness (QED) is 0.683. The minimum Gasteiger partial charge on any atom is -0.496 e. The number of carbonyl (C=O) groups is 1. The van der Waals surface area contributed by atoms with Gasteiger partial charge in [0.1, 0.15) is 5.75 Å². The van der Waals surface area contributed by atoms with Gasteiger partial charge in [0.2, 0.25) is 0 Å². The van der Waals surface area contributed by atoms with Gasteiger partial charge in [-0.2, -0.15) is 0 Å². The Labute approximate surface area is 114 Å². The molecule has 0 bridgehead atoms. The Hall–Kier alpha value is -2.89. The fourth-order valence-electron chi connectivity index (χ4n) is 1.85. The van der Waals surface area contributed by atoms with Crippen molar-refractivity contribution in [2.45, 2.75) is 0 Å². The van der Waals surface area contributed by atoms with Crippen molar-refractivity contribution in [1.82, 2.24) is 0 Å². The first-order chi connectivity index (χ1) is 9.52. The van der Waals surface area contributed by atoms with Crippen LogP contribution in [0, 0.1) is 10.1 Å². The highest BCUT2D eigenvalue weighted by atomic mass is 16.6. The third kappa shape index (κ3) is 2.59. The normalized spacial score (nSPS) is 10.1. The lowest BCUT2D eigenvalue weighted by Gasteiger charge is -2.09. The predicted molar refractivity (Wildman–Crippen MR) is 72.0 cm³/mol. The molecule has 2 rings (SSSR count). The molecule has 0 fully saturated rings. The number of carboxylic acids is 1. The van der Waals surface area contributed by atoms with Crippen LogP contribution in [-0.2, 0) is 0 Å². The van der Waals surface area contributed by atoms with Crippen LogP contribution in [-0.4, -0.2) is 23.1 Å². The van der Waals surface area contributed by atoms with Crippen molar-refractivity contribution in [1.29, 1.82) is 0 Å². The van der Waals surface area contributed by atoms with E-state index in [0.29, 0.717) is 16.9 Å². The predicted octanol–water partition coefficient (Wildman–Crippen LogP) is 2.97. The Morgan fingerprint density at radius 1 is 1.25 bits per heavy atom. The first-order valence-electron chi connectivity index (χ1n) is 5.69. The van der Waals surface area contributed by atoms with Gasteiger partial charge in [-0.1, -0.05) is 12.1 Å². The lowest BCUT2D eigenvalue weighted by Crippen LogP contribution is -1.97. The van der Waals surface area contributed by atoms with Gasteiger partial charge in [-0.15, -0.1) is 0 Å². The van der Waals surface area contributed by atoms with Crippen LogP contribution in [0.4, 0.5) is 5.69 Å². The van der Waals surface area contributed by atoms with Crippen LogP contribution in [0.25, 0.3) is 11.1 Å². The molecule has 0 aromatic heterocycles. The molecule has 0 aliphatic carbocycles. The molecule has 0 heterocycles. The van der Waals surface area contributed by atoms with Gasteiger partial charge < -0.3 is 9.84 Å². The van der Waals surface area contributed by atoms with Crippen LogP contribution in [0.2, 0.25) is 0 Å². The summed E-state index contributed by atoms with van der Waals surface area (Å²) in [5.74, 6) is -0.713. The zero-order chi connectivity index (χ0) is 14.7. The smallest absolute Gasteiger partial charge is 0.335 e. The lowest BCUT2D eigenvalue weighted by molar-refractivity contribution is -0.384. The molecule has 2 aromatic rings. The van der Waals surface area contributed by atoms with Crippen LogP contribution in [0.15, 0.2) is 42.5 Å². The lowest BCUT2D eigenvalue weighted by atomic mass is 10.0. The second-order valence-electron chi connectivity index (χ2n) is 4.03. The second-order valence-corrected chi connectivity index (χ2v) is 4.03. The van der Waals surface area contributed by atoms with Crippen molar-refractivity contribution < 1.29 is 19.6 Å². The molecule has 102 valence electrons. The summed E-state index contributed by atoms with van der Waals surface area (Å²) in [4.78, 5) is 21.2. The van der Waals surface area contributed by atoms with Gasteiger partial charge >= 0.3 is 5.97 Å². The third-order valence-electron chi connectivity index (χ3n) is 2.82. The Morgan fingerprint density at radius 3 is 2.60 bits per heavy atom. The number of hydrogen-bond donors (Lipinski definition) is 1. The zero-order valence-electron chi connectivity index (χ0n) is 10.6. The van der Waals surface area contributed by atoms with Crippen molar-refractivity contribution in [3.05, 3.63) is 58.1 Å². The largest absolute Gasteiger partial charge is 0.496 e. The van der Waals surface area contributed by atoms with Gasteiger partial charge in [0, 0.05) is 11.6 Å². The number of rotatable bonds is 4. The summed E-state index contributed by atoms with van der Waals surface area (Å²) in [5.41, 5.74) is 1.28. The molecule has 1 N–H and O–H groups in total. The minimum atomic E-state index is -1.03. The van der Waals surface area contributed by atoms with Gasteiger partial charge in [0.25, 0.3) is 5.69 Å². The first-order valence-corrected chi connectivity index (χ1v) is 5.69. The van der Waals surface area contributed by atoms with Crippen molar-refractivity contribution in [3.63, 3.8) is 0 Å². The van der Waals surface area contributed by atoms with E-state index in [9.17, 15) is 14.9 Å². The molecular weight excluding hydrogens is 262 g/mol. The Bertz CT molecular complexity index is 681. The fourth-order valence-corrected chi connectivity index (χ4v) is 1.85. The van der Waals surface area contributed by atoms with E-state index in [-0.39, 0.29) is 11.3 Å². The standard InChI is InChI=1S/C14H11NO5/c1-20-13-8-11(15(18)19)5-6-12(13)9-3-2-4-10(7-9)14(16)17/h2-8H,1H3,(H,16,17). The molecule has 0 radical (unpaired) electrons. The summed E-state index contributed by atoms with van der Waals surface area (Å²) in [5, 5.41) is 19.7. The Kier molecular flexibility index (Phi) is 3.65. The number of nitrogens with zero attached hydrogens (tertiary/aromatic N) is 1. The molecular formula is C14H11NO5. The molecule has 0 amide bonds. The summed E-state index contributed by atoms with van der Waals surface area (Å²) in [6, 6.07) is 10.5. The first kappa shape index (κ1) is 13.5. The Balaban J connectivity index is 2.54. The van der Waals surface area contributed by atoms with E-state index < -0.39 is 10.9 Å². The molecule has 20 heavy (non-hydrogen) atoms. The molecule has 0 saturated heterocycles. The maximum absolute atomic E-state index is 11.0. The van der Waals surface area contributed by atoms with Gasteiger partial charge in [-0.25, -0.2) is 4.79 Å². The van der Waals surface area contributed by atoms with Crippen LogP contribution in [0.5, 0.6) is 5.75 Å². The van der Waals surface area contributed by atoms with Crippen molar-refractivity contribution in [2.24, 2.45) is 0 Å². The monoisotopic (exact) mass is 273 g/mol. The van der Waals surface area contributed by atoms with Crippen molar-refractivity contribution >= 4 is 11.7 Å². The van der Waals surface area contributed by atoms with Crippen LogP contribution < -0.4 is 4.74 Å². The number of ether oxygens (including phenoxy) is 1. The van der Waals surface area contributed by atoms with E-state index >= 15 is 0 Å². The van der Waals surface area contributed by atoms with E-state index in [1.165, 1.54) is 37.4 Å². The van der Waals surface area contributed by atoms with E-state index in [2.05, 4.69) is 0 Å². The number of aromatic carboxylic acids is 1. The van der Waals surface area contributed by atoms with Crippen LogP contribution >= 0.6 is 0 Å². The van der Waals surface area contributed by atoms with Crippen LogP contribution in [0.3, 0.4) is 0 Å².